The molecule has 2 N–H and O–H groups in total. The van der Waals surface area contributed by atoms with E-state index in [0.29, 0.717) is 31.0 Å². The van der Waals surface area contributed by atoms with Crippen LogP contribution in [0.15, 0.2) is 10.5 Å². The lowest BCUT2D eigenvalue weighted by atomic mass is 10.2. The summed E-state index contributed by atoms with van der Waals surface area (Å²) in [5.74, 6) is -0.422. The summed E-state index contributed by atoms with van der Waals surface area (Å²) < 4.78 is 10.6. The van der Waals surface area contributed by atoms with E-state index in [0.717, 1.165) is 6.54 Å². The lowest BCUT2D eigenvalue weighted by molar-refractivity contribution is -0.0565. The van der Waals surface area contributed by atoms with Gasteiger partial charge in [-0.1, -0.05) is 0 Å². The van der Waals surface area contributed by atoms with Gasteiger partial charge >= 0.3 is 5.97 Å². The van der Waals surface area contributed by atoms with Crippen LogP contribution in [-0.2, 0) is 11.3 Å². The smallest absolute Gasteiger partial charge is 0.372 e. The first-order chi connectivity index (χ1) is 8.60. The number of carbonyl (C=O) groups is 1. The van der Waals surface area contributed by atoms with E-state index < -0.39 is 5.97 Å². The van der Waals surface area contributed by atoms with Crippen molar-refractivity contribution in [3.63, 3.8) is 0 Å². The van der Waals surface area contributed by atoms with Crippen molar-refractivity contribution in [3.05, 3.63) is 23.2 Å². The molecular weight excluding hydrogens is 238 g/mol. The van der Waals surface area contributed by atoms with Gasteiger partial charge in [-0.05, 0) is 13.0 Å². The summed E-state index contributed by atoms with van der Waals surface area (Å²) in [4.78, 5) is 12.9. The predicted molar refractivity (Wildman–Crippen MR) is 62.5 cm³/mol. The zero-order chi connectivity index (χ0) is 13.1. The fourth-order valence-corrected chi connectivity index (χ4v) is 2.09. The molecule has 0 amide bonds. The molecule has 100 valence electrons. The summed E-state index contributed by atoms with van der Waals surface area (Å²) in [5, 5.41) is 17.9. The molecule has 1 atom stereocenters. The number of hydrogen-bond donors (Lipinski definition) is 2. The van der Waals surface area contributed by atoms with Crippen LogP contribution in [0.4, 0.5) is 0 Å². The minimum atomic E-state index is -1.05. The van der Waals surface area contributed by atoms with Crippen LogP contribution in [0, 0.1) is 6.92 Å². The first-order valence-corrected chi connectivity index (χ1v) is 5.87. The molecule has 1 unspecified atom stereocenters. The van der Waals surface area contributed by atoms with Crippen molar-refractivity contribution in [2.75, 3.05) is 26.3 Å². The van der Waals surface area contributed by atoms with Crippen LogP contribution in [0.3, 0.4) is 0 Å². The maximum absolute atomic E-state index is 10.9. The number of ether oxygens (including phenoxy) is 1. The standard InChI is InChI=1S/C12H17NO5/c1-8-4-9(18-11(8)12(15)16)5-13-2-3-17-10(6-13)7-14/h4,10,14H,2-3,5-7H2,1H3,(H,15,16). The Morgan fingerprint density at radius 2 is 2.39 bits per heavy atom. The number of morpholine rings is 1. The van der Waals surface area contributed by atoms with Gasteiger partial charge in [0.1, 0.15) is 5.76 Å². The monoisotopic (exact) mass is 255 g/mol. The van der Waals surface area contributed by atoms with E-state index in [-0.39, 0.29) is 18.5 Å². The largest absolute Gasteiger partial charge is 0.475 e. The highest BCUT2D eigenvalue weighted by molar-refractivity contribution is 5.86. The van der Waals surface area contributed by atoms with E-state index in [1.165, 1.54) is 0 Å². The summed E-state index contributed by atoms with van der Waals surface area (Å²) in [6.07, 6.45) is -0.172. The number of aliphatic hydroxyl groups is 1. The van der Waals surface area contributed by atoms with Crippen LogP contribution in [-0.4, -0.2) is 53.5 Å². The molecule has 0 spiro atoms. The number of furan rings is 1. The minimum absolute atomic E-state index is 0.00281. The van der Waals surface area contributed by atoms with Gasteiger partial charge in [0, 0.05) is 18.7 Å². The molecule has 1 aliphatic rings. The number of carboxylic acids is 1. The lowest BCUT2D eigenvalue weighted by Crippen LogP contribution is -2.43. The average Bonchev–Trinajstić information content (AvgIpc) is 2.70. The molecule has 2 rings (SSSR count). The highest BCUT2D eigenvalue weighted by atomic mass is 16.5. The maximum Gasteiger partial charge on any atom is 0.372 e. The van der Waals surface area contributed by atoms with Gasteiger partial charge in [0.25, 0.3) is 0 Å². The van der Waals surface area contributed by atoms with E-state index in [2.05, 4.69) is 4.90 Å². The third kappa shape index (κ3) is 2.90. The molecule has 0 aliphatic carbocycles. The summed E-state index contributed by atoms with van der Waals surface area (Å²) >= 11 is 0. The Morgan fingerprint density at radius 1 is 1.61 bits per heavy atom. The van der Waals surface area contributed by atoms with Crippen LogP contribution in [0.1, 0.15) is 21.9 Å². The number of aromatic carboxylic acids is 1. The molecular formula is C12H17NO5. The number of aryl methyl sites for hydroxylation is 1. The molecule has 1 saturated heterocycles. The molecule has 6 heteroatoms. The van der Waals surface area contributed by atoms with Crippen molar-refractivity contribution < 1.29 is 24.2 Å². The average molecular weight is 255 g/mol. The number of carboxylic acid groups (broad SMARTS) is 1. The van der Waals surface area contributed by atoms with Gasteiger partial charge in [-0.3, -0.25) is 4.90 Å². The van der Waals surface area contributed by atoms with E-state index >= 15 is 0 Å². The molecule has 0 bridgehead atoms. The van der Waals surface area contributed by atoms with Crippen LogP contribution >= 0.6 is 0 Å². The van der Waals surface area contributed by atoms with Crippen molar-refractivity contribution in [2.24, 2.45) is 0 Å². The normalized spacial score (nSPS) is 21.1. The number of aliphatic hydroxyl groups excluding tert-OH is 1. The molecule has 1 aliphatic heterocycles. The molecule has 0 radical (unpaired) electrons. The molecule has 0 saturated carbocycles. The van der Waals surface area contributed by atoms with Gasteiger partial charge in [-0.25, -0.2) is 4.79 Å². The van der Waals surface area contributed by atoms with E-state index in [9.17, 15) is 4.79 Å². The summed E-state index contributed by atoms with van der Waals surface area (Å²) in [6, 6.07) is 1.74. The minimum Gasteiger partial charge on any atom is -0.475 e. The summed E-state index contributed by atoms with van der Waals surface area (Å²) in [7, 11) is 0. The Balaban J connectivity index is 2.00. The lowest BCUT2D eigenvalue weighted by Gasteiger charge is -2.31. The van der Waals surface area contributed by atoms with Gasteiger partial charge in [-0.2, -0.15) is 0 Å². The Bertz CT molecular complexity index is 428. The van der Waals surface area contributed by atoms with Crippen LogP contribution < -0.4 is 0 Å². The highest BCUT2D eigenvalue weighted by Crippen LogP contribution is 2.17. The molecule has 1 aromatic heterocycles. The van der Waals surface area contributed by atoms with Crippen molar-refractivity contribution in [2.45, 2.75) is 19.6 Å². The topological polar surface area (TPSA) is 83.1 Å². The van der Waals surface area contributed by atoms with E-state index in [1.54, 1.807) is 13.0 Å². The van der Waals surface area contributed by atoms with Crippen molar-refractivity contribution in [1.82, 2.24) is 4.90 Å². The molecule has 18 heavy (non-hydrogen) atoms. The molecule has 6 nitrogen and oxygen atoms in total. The predicted octanol–water partition coefficient (Wildman–Crippen LogP) is 0.479. The van der Waals surface area contributed by atoms with E-state index in [1.807, 2.05) is 0 Å². The first kappa shape index (κ1) is 13.1. The van der Waals surface area contributed by atoms with Crippen LogP contribution in [0.5, 0.6) is 0 Å². The number of nitrogens with zero attached hydrogens (tertiary/aromatic N) is 1. The fraction of sp³-hybridized carbons (Fsp3) is 0.583. The van der Waals surface area contributed by atoms with Crippen LogP contribution in [0.2, 0.25) is 0 Å². The molecule has 2 heterocycles. The molecule has 0 aromatic carbocycles. The van der Waals surface area contributed by atoms with Gasteiger partial charge in [0.05, 0.1) is 25.9 Å². The maximum atomic E-state index is 10.9. The Labute approximate surface area is 105 Å². The van der Waals surface area contributed by atoms with Gasteiger partial charge < -0.3 is 19.4 Å². The van der Waals surface area contributed by atoms with Crippen molar-refractivity contribution in [1.29, 1.82) is 0 Å². The van der Waals surface area contributed by atoms with Crippen molar-refractivity contribution in [3.8, 4) is 0 Å². The summed E-state index contributed by atoms with van der Waals surface area (Å²) in [5.41, 5.74) is 0.629. The van der Waals surface area contributed by atoms with E-state index in [4.69, 9.17) is 19.4 Å². The second-order valence-electron chi connectivity index (χ2n) is 4.44. The third-order valence-corrected chi connectivity index (χ3v) is 2.97. The zero-order valence-corrected chi connectivity index (χ0v) is 10.3. The van der Waals surface area contributed by atoms with Crippen molar-refractivity contribution >= 4 is 5.97 Å². The fourth-order valence-electron chi connectivity index (χ4n) is 2.09. The van der Waals surface area contributed by atoms with Gasteiger partial charge in [0.2, 0.25) is 5.76 Å². The Morgan fingerprint density at radius 3 is 3.00 bits per heavy atom. The molecule has 1 fully saturated rings. The highest BCUT2D eigenvalue weighted by Gasteiger charge is 2.22. The second kappa shape index (κ2) is 5.51. The van der Waals surface area contributed by atoms with Gasteiger partial charge in [0.15, 0.2) is 0 Å². The number of rotatable bonds is 4. The van der Waals surface area contributed by atoms with Crippen LogP contribution in [0.25, 0.3) is 0 Å². The zero-order valence-electron chi connectivity index (χ0n) is 10.3. The number of hydrogen-bond acceptors (Lipinski definition) is 5. The Kier molecular flexibility index (Phi) is 4.00. The summed E-state index contributed by atoms with van der Waals surface area (Å²) in [6.45, 7) is 4.18. The third-order valence-electron chi connectivity index (χ3n) is 2.97. The van der Waals surface area contributed by atoms with Gasteiger partial charge in [-0.15, -0.1) is 0 Å². The first-order valence-electron chi connectivity index (χ1n) is 5.87. The SMILES string of the molecule is Cc1cc(CN2CCOC(CO)C2)oc1C(=O)O. The quantitative estimate of drug-likeness (QED) is 0.814. The second-order valence-corrected chi connectivity index (χ2v) is 4.44. The Hall–Kier alpha value is -1.37. The molecule has 1 aromatic rings.